The second-order valence-electron chi connectivity index (χ2n) is 4.76. The van der Waals surface area contributed by atoms with Crippen LogP contribution >= 0.6 is 0 Å². The van der Waals surface area contributed by atoms with E-state index < -0.39 is 0 Å². The molecule has 3 aromatic rings. The number of aromatic nitrogens is 1. The maximum Gasteiger partial charge on any atom is 0.124 e. The molecular weight excluding hydrogens is 264 g/mol. The van der Waals surface area contributed by atoms with Gasteiger partial charge in [-0.3, -0.25) is 4.98 Å². The van der Waals surface area contributed by atoms with Crippen LogP contribution in [0.15, 0.2) is 54.7 Å². The van der Waals surface area contributed by atoms with Gasteiger partial charge in [0.15, 0.2) is 0 Å². The first kappa shape index (κ1) is 13.2. The van der Waals surface area contributed by atoms with E-state index in [1.165, 1.54) is 0 Å². The van der Waals surface area contributed by atoms with Crippen LogP contribution in [0.2, 0.25) is 0 Å². The van der Waals surface area contributed by atoms with Crippen molar-refractivity contribution in [2.75, 3.05) is 12.4 Å². The monoisotopic (exact) mass is 280 g/mol. The third-order valence-electron chi connectivity index (χ3n) is 3.37. The highest BCUT2D eigenvalue weighted by Gasteiger charge is 2.03. The first-order valence-corrected chi connectivity index (χ1v) is 6.71. The molecule has 0 spiro atoms. The van der Waals surface area contributed by atoms with Gasteiger partial charge in [0.05, 0.1) is 24.5 Å². The molecule has 0 aliphatic carbocycles. The molecule has 0 radical (unpaired) electrons. The van der Waals surface area contributed by atoms with Gasteiger partial charge in [-0.2, -0.15) is 0 Å². The second-order valence-corrected chi connectivity index (χ2v) is 4.76. The van der Waals surface area contributed by atoms with Crippen LogP contribution in [0.25, 0.3) is 10.9 Å². The Balaban J connectivity index is 1.77. The Labute approximate surface area is 123 Å². The van der Waals surface area contributed by atoms with Crippen molar-refractivity contribution in [1.82, 2.24) is 4.98 Å². The van der Waals surface area contributed by atoms with Crippen LogP contribution in [0.5, 0.6) is 11.5 Å². The molecule has 0 aliphatic rings. The Hall–Kier alpha value is -2.75. The molecule has 1 heterocycles. The van der Waals surface area contributed by atoms with Crippen LogP contribution in [-0.2, 0) is 6.54 Å². The summed E-state index contributed by atoms with van der Waals surface area (Å²) in [5.41, 5.74) is 2.70. The largest absolute Gasteiger partial charge is 0.507 e. The number of fused-ring (bicyclic) bond motifs is 1. The summed E-state index contributed by atoms with van der Waals surface area (Å²) < 4.78 is 5.07. The van der Waals surface area contributed by atoms with Gasteiger partial charge >= 0.3 is 0 Å². The average molecular weight is 280 g/mol. The van der Waals surface area contributed by atoms with Crippen LogP contribution in [0.4, 0.5) is 5.69 Å². The highest BCUT2D eigenvalue weighted by atomic mass is 16.5. The fourth-order valence-corrected chi connectivity index (χ4v) is 2.19. The lowest BCUT2D eigenvalue weighted by Gasteiger charge is -2.10. The van der Waals surface area contributed by atoms with Gasteiger partial charge in [0.2, 0.25) is 0 Å². The number of methoxy groups -OCH3 is 1. The van der Waals surface area contributed by atoms with Gasteiger partial charge in [-0.1, -0.05) is 18.2 Å². The number of ether oxygens (including phenoxy) is 1. The molecule has 0 amide bonds. The summed E-state index contributed by atoms with van der Waals surface area (Å²) in [7, 11) is 1.58. The van der Waals surface area contributed by atoms with Gasteiger partial charge in [0.25, 0.3) is 0 Å². The van der Waals surface area contributed by atoms with Crippen molar-refractivity contribution in [2.24, 2.45) is 0 Å². The molecule has 0 atom stereocenters. The zero-order valence-electron chi connectivity index (χ0n) is 11.7. The number of nitrogens with zero attached hydrogens (tertiary/aromatic N) is 1. The normalized spacial score (nSPS) is 10.5. The average Bonchev–Trinajstić information content (AvgIpc) is 2.53. The van der Waals surface area contributed by atoms with Crippen molar-refractivity contribution >= 4 is 16.6 Å². The lowest BCUT2D eigenvalue weighted by Crippen LogP contribution is -2.00. The molecule has 0 saturated carbocycles. The van der Waals surface area contributed by atoms with Gasteiger partial charge in [0, 0.05) is 23.6 Å². The molecule has 4 heteroatoms. The van der Waals surface area contributed by atoms with Crippen LogP contribution in [0.1, 0.15) is 5.56 Å². The second kappa shape index (κ2) is 5.71. The van der Waals surface area contributed by atoms with E-state index in [1.807, 2.05) is 42.5 Å². The maximum absolute atomic E-state index is 9.94. The highest BCUT2D eigenvalue weighted by molar-refractivity contribution is 5.81. The van der Waals surface area contributed by atoms with Crippen molar-refractivity contribution in [3.8, 4) is 11.5 Å². The van der Waals surface area contributed by atoms with Crippen LogP contribution in [0.3, 0.4) is 0 Å². The minimum absolute atomic E-state index is 0.218. The molecule has 0 bridgehead atoms. The van der Waals surface area contributed by atoms with Crippen molar-refractivity contribution in [2.45, 2.75) is 6.54 Å². The molecule has 0 unspecified atom stereocenters. The quantitative estimate of drug-likeness (QED) is 0.767. The van der Waals surface area contributed by atoms with E-state index >= 15 is 0 Å². The van der Waals surface area contributed by atoms with Crippen LogP contribution < -0.4 is 10.1 Å². The standard InChI is InChI=1S/C17H16N2O2/c1-21-15-7-6-13(17(20)9-15)10-18-14-8-12-4-2-3-5-16(12)19-11-14/h2-9,11,18,20H,10H2,1H3. The van der Waals surface area contributed by atoms with Gasteiger partial charge < -0.3 is 15.2 Å². The Morgan fingerprint density at radius 1 is 1.14 bits per heavy atom. The third kappa shape index (κ3) is 2.89. The number of anilines is 1. The number of aromatic hydroxyl groups is 1. The molecule has 0 fully saturated rings. The van der Waals surface area contributed by atoms with Crippen molar-refractivity contribution in [3.63, 3.8) is 0 Å². The minimum atomic E-state index is 0.218. The Morgan fingerprint density at radius 2 is 2.00 bits per heavy atom. The maximum atomic E-state index is 9.94. The number of rotatable bonds is 4. The Bertz CT molecular complexity index is 772. The van der Waals surface area contributed by atoms with E-state index in [9.17, 15) is 5.11 Å². The topological polar surface area (TPSA) is 54.4 Å². The van der Waals surface area contributed by atoms with Crippen LogP contribution in [0, 0.1) is 0 Å². The number of phenols is 1. The number of benzene rings is 2. The molecule has 0 aliphatic heterocycles. The lowest BCUT2D eigenvalue weighted by molar-refractivity contribution is 0.406. The molecule has 2 aromatic carbocycles. The predicted octanol–water partition coefficient (Wildman–Crippen LogP) is 3.56. The minimum Gasteiger partial charge on any atom is -0.507 e. The molecule has 1 aromatic heterocycles. The summed E-state index contributed by atoms with van der Waals surface area (Å²) in [5.74, 6) is 0.860. The van der Waals surface area contributed by atoms with Gasteiger partial charge in [-0.05, 0) is 24.3 Å². The Morgan fingerprint density at radius 3 is 2.81 bits per heavy atom. The van der Waals surface area contributed by atoms with Gasteiger partial charge in [-0.25, -0.2) is 0 Å². The molecular formula is C17H16N2O2. The lowest BCUT2D eigenvalue weighted by atomic mass is 10.1. The summed E-state index contributed by atoms with van der Waals surface area (Å²) in [6.45, 7) is 0.524. The summed E-state index contributed by atoms with van der Waals surface area (Å²) in [6, 6.07) is 15.3. The summed E-state index contributed by atoms with van der Waals surface area (Å²) in [6.07, 6.45) is 1.79. The third-order valence-corrected chi connectivity index (χ3v) is 3.37. The predicted molar refractivity (Wildman–Crippen MR) is 83.7 cm³/mol. The summed E-state index contributed by atoms with van der Waals surface area (Å²) in [5, 5.41) is 14.3. The smallest absolute Gasteiger partial charge is 0.124 e. The van der Waals surface area contributed by atoms with E-state index in [1.54, 1.807) is 19.4 Å². The van der Waals surface area contributed by atoms with E-state index in [0.717, 1.165) is 22.2 Å². The van der Waals surface area contributed by atoms with Crippen molar-refractivity contribution < 1.29 is 9.84 Å². The van der Waals surface area contributed by atoms with Crippen molar-refractivity contribution in [1.29, 1.82) is 0 Å². The molecule has 21 heavy (non-hydrogen) atoms. The van der Waals surface area contributed by atoms with E-state index in [2.05, 4.69) is 10.3 Å². The zero-order chi connectivity index (χ0) is 14.7. The fourth-order valence-electron chi connectivity index (χ4n) is 2.19. The summed E-state index contributed by atoms with van der Waals surface area (Å²) >= 11 is 0. The van der Waals surface area contributed by atoms with Crippen LogP contribution in [-0.4, -0.2) is 17.2 Å². The van der Waals surface area contributed by atoms with Gasteiger partial charge in [-0.15, -0.1) is 0 Å². The number of nitrogens with one attached hydrogen (secondary N) is 1. The SMILES string of the molecule is COc1ccc(CNc2cnc3ccccc3c2)c(O)c1. The molecule has 4 nitrogen and oxygen atoms in total. The van der Waals surface area contributed by atoms with E-state index in [0.29, 0.717) is 12.3 Å². The molecule has 2 N–H and O–H groups in total. The summed E-state index contributed by atoms with van der Waals surface area (Å²) in [4.78, 5) is 4.40. The van der Waals surface area contributed by atoms with Crippen molar-refractivity contribution in [3.05, 3.63) is 60.3 Å². The molecule has 3 rings (SSSR count). The zero-order valence-corrected chi connectivity index (χ0v) is 11.7. The fraction of sp³-hybridized carbons (Fsp3) is 0.118. The highest BCUT2D eigenvalue weighted by Crippen LogP contribution is 2.24. The van der Waals surface area contributed by atoms with E-state index in [4.69, 9.17) is 4.74 Å². The number of pyridine rings is 1. The first-order valence-electron chi connectivity index (χ1n) is 6.71. The number of para-hydroxylation sites is 1. The van der Waals surface area contributed by atoms with Gasteiger partial charge in [0.1, 0.15) is 11.5 Å². The molecule has 0 saturated heterocycles. The number of phenolic OH excluding ortho intramolecular Hbond substituents is 1. The number of hydrogen-bond donors (Lipinski definition) is 2. The first-order chi connectivity index (χ1) is 10.3. The Kier molecular flexibility index (Phi) is 3.60. The number of hydrogen-bond acceptors (Lipinski definition) is 4. The molecule has 106 valence electrons. The van der Waals surface area contributed by atoms with E-state index in [-0.39, 0.29) is 5.75 Å².